The number of hydrogen-bond donors (Lipinski definition) is 3. The van der Waals surface area contributed by atoms with E-state index in [-0.39, 0.29) is 10.7 Å². The second-order valence-corrected chi connectivity index (χ2v) is 10.9. The van der Waals surface area contributed by atoms with Gasteiger partial charge in [-0.2, -0.15) is 9.97 Å². The molecule has 0 radical (unpaired) electrons. The molecule has 22 heavy (non-hydrogen) atoms. The Bertz CT molecular complexity index is 478. The summed E-state index contributed by atoms with van der Waals surface area (Å²) in [5.41, 5.74) is 6.09. The maximum absolute atomic E-state index is 10.3. The predicted molar refractivity (Wildman–Crippen MR) is 91.0 cm³/mol. The summed E-state index contributed by atoms with van der Waals surface area (Å²) in [4.78, 5) is 18.7. The Kier molecular flexibility index (Phi) is 6.01. The number of rotatable bonds is 8. The molecule has 0 amide bonds. The second-order valence-electron chi connectivity index (χ2n) is 6.45. The zero-order valence-electron chi connectivity index (χ0n) is 14.4. The van der Waals surface area contributed by atoms with Crippen molar-refractivity contribution >= 4 is 20.0 Å². The van der Waals surface area contributed by atoms with Crippen LogP contribution in [-0.4, -0.2) is 43.8 Å². The van der Waals surface area contributed by atoms with E-state index in [4.69, 9.17) is 15.2 Å². The van der Waals surface area contributed by atoms with Gasteiger partial charge in [0.1, 0.15) is 0 Å². The Labute approximate surface area is 133 Å². The molecule has 126 valence electrons. The van der Waals surface area contributed by atoms with Crippen LogP contribution in [-0.2, 0) is 0 Å². The molecule has 0 aliphatic heterocycles. The minimum Gasteiger partial charge on any atom is -0.479 e. The number of aromatic nitrogens is 2. The molecule has 8 heteroatoms. The van der Waals surface area contributed by atoms with Crippen LogP contribution < -0.4 is 20.5 Å². The zero-order valence-corrected chi connectivity index (χ0v) is 15.4. The molecule has 0 unspecified atom stereocenters. The number of nitrogens with one attached hydrogen (secondary N) is 1. The van der Waals surface area contributed by atoms with E-state index in [1.54, 1.807) is 0 Å². The van der Waals surface area contributed by atoms with Crippen molar-refractivity contribution in [1.82, 2.24) is 9.97 Å². The molecular formula is C14H28N4O3Si. The molecule has 0 saturated carbocycles. The number of nitrogens with two attached hydrogens (primary N) is 1. The van der Waals surface area contributed by atoms with Gasteiger partial charge in [-0.15, -0.1) is 0 Å². The van der Waals surface area contributed by atoms with Crippen molar-refractivity contribution in [3.8, 4) is 11.8 Å². The molecule has 0 aromatic carbocycles. The van der Waals surface area contributed by atoms with Crippen LogP contribution in [0.25, 0.3) is 0 Å². The molecule has 0 saturated heterocycles. The minimum atomic E-state index is -2.17. The van der Waals surface area contributed by atoms with Crippen molar-refractivity contribution in [1.29, 1.82) is 0 Å². The Balaban J connectivity index is 2.63. The van der Waals surface area contributed by atoms with Crippen LogP contribution in [0, 0.1) is 0 Å². The van der Waals surface area contributed by atoms with Gasteiger partial charge in [-0.25, -0.2) is 0 Å². The van der Waals surface area contributed by atoms with Gasteiger partial charge in [-0.1, -0.05) is 13.8 Å². The first-order valence-corrected chi connectivity index (χ1v) is 10.3. The van der Waals surface area contributed by atoms with E-state index >= 15 is 0 Å². The fraction of sp³-hybridized carbons (Fsp3) is 0.714. The lowest BCUT2D eigenvalue weighted by atomic mass is 10.1. The number of anilines is 2. The summed E-state index contributed by atoms with van der Waals surface area (Å²) < 4.78 is 10.2. The summed E-state index contributed by atoms with van der Waals surface area (Å²) >= 11 is 0. The lowest BCUT2D eigenvalue weighted by Crippen LogP contribution is -2.39. The van der Waals surface area contributed by atoms with Crippen LogP contribution in [0.4, 0.5) is 11.6 Å². The van der Waals surface area contributed by atoms with Crippen LogP contribution in [0.15, 0.2) is 0 Å². The standard InChI is InChI=1S/C14H28N4O3Si/c1-14(2,22(5,6)19)8-7-9-16-13-17-11(20-3)10(15)12(18-13)21-4/h19H,7-9,15H2,1-6H3,(H,16,17,18). The summed E-state index contributed by atoms with van der Waals surface area (Å²) in [7, 11) is 0.830. The van der Waals surface area contributed by atoms with Crippen molar-refractivity contribution in [2.24, 2.45) is 0 Å². The molecule has 0 bridgehead atoms. The number of hydrogen-bond acceptors (Lipinski definition) is 7. The van der Waals surface area contributed by atoms with Gasteiger partial charge >= 0.3 is 0 Å². The van der Waals surface area contributed by atoms with Crippen LogP contribution >= 0.6 is 0 Å². The smallest absolute Gasteiger partial charge is 0.245 e. The summed E-state index contributed by atoms with van der Waals surface area (Å²) in [5.74, 6) is 0.998. The summed E-state index contributed by atoms with van der Waals surface area (Å²) in [6, 6.07) is 0. The van der Waals surface area contributed by atoms with Crippen molar-refractivity contribution < 1.29 is 14.3 Å². The van der Waals surface area contributed by atoms with E-state index < -0.39 is 8.32 Å². The minimum absolute atomic E-state index is 0.0357. The van der Waals surface area contributed by atoms with Crippen molar-refractivity contribution in [3.63, 3.8) is 0 Å². The first kappa shape index (κ1) is 18.5. The molecule has 0 aliphatic rings. The summed E-state index contributed by atoms with van der Waals surface area (Å²) in [6.45, 7) is 8.87. The molecule has 1 heterocycles. The van der Waals surface area contributed by atoms with Gasteiger partial charge in [0.15, 0.2) is 14.0 Å². The second kappa shape index (κ2) is 7.15. The Morgan fingerprint density at radius 1 is 1.18 bits per heavy atom. The summed E-state index contributed by atoms with van der Waals surface area (Å²) in [5, 5.41) is 3.11. The van der Waals surface area contributed by atoms with Crippen LogP contribution in [0.3, 0.4) is 0 Å². The van der Waals surface area contributed by atoms with Gasteiger partial charge in [-0.3, -0.25) is 0 Å². The van der Waals surface area contributed by atoms with Gasteiger partial charge in [0.2, 0.25) is 17.7 Å². The summed E-state index contributed by atoms with van der Waals surface area (Å²) in [6.07, 6.45) is 1.83. The van der Waals surface area contributed by atoms with E-state index in [9.17, 15) is 4.80 Å². The van der Waals surface area contributed by atoms with E-state index in [0.29, 0.717) is 24.3 Å². The van der Waals surface area contributed by atoms with E-state index in [1.165, 1.54) is 14.2 Å². The highest BCUT2D eigenvalue weighted by Gasteiger charge is 2.37. The van der Waals surface area contributed by atoms with Gasteiger partial charge in [0, 0.05) is 6.54 Å². The Morgan fingerprint density at radius 3 is 2.09 bits per heavy atom. The first-order valence-electron chi connectivity index (χ1n) is 7.34. The van der Waals surface area contributed by atoms with Crippen LogP contribution in [0.2, 0.25) is 18.1 Å². The fourth-order valence-electron chi connectivity index (χ4n) is 1.86. The quantitative estimate of drug-likeness (QED) is 0.497. The normalized spacial score (nSPS) is 12.1. The Morgan fingerprint density at radius 2 is 1.68 bits per heavy atom. The highest BCUT2D eigenvalue weighted by Crippen LogP contribution is 2.39. The maximum atomic E-state index is 10.3. The molecular weight excluding hydrogens is 300 g/mol. The molecule has 1 rings (SSSR count). The van der Waals surface area contributed by atoms with Gasteiger partial charge < -0.3 is 25.3 Å². The van der Waals surface area contributed by atoms with E-state index in [1.807, 2.05) is 13.1 Å². The molecule has 1 aromatic heterocycles. The van der Waals surface area contributed by atoms with Gasteiger partial charge in [-0.05, 0) is 31.0 Å². The largest absolute Gasteiger partial charge is 0.479 e. The topological polar surface area (TPSA) is 103 Å². The molecule has 0 fully saturated rings. The van der Waals surface area contributed by atoms with E-state index in [2.05, 4.69) is 29.1 Å². The molecule has 7 nitrogen and oxygen atoms in total. The van der Waals surface area contributed by atoms with Crippen LogP contribution in [0.5, 0.6) is 11.8 Å². The van der Waals surface area contributed by atoms with Crippen LogP contribution in [0.1, 0.15) is 26.7 Å². The third-order valence-electron chi connectivity index (χ3n) is 4.18. The fourth-order valence-corrected chi connectivity index (χ4v) is 2.64. The monoisotopic (exact) mass is 328 g/mol. The first-order chi connectivity index (χ1) is 10.1. The highest BCUT2D eigenvalue weighted by molar-refractivity contribution is 6.72. The third-order valence-corrected chi connectivity index (χ3v) is 7.74. The van der Waals surface area contributed by atoms with Crippen molar-refractivity contribution in [2.75, 3.05) is 31.8 Å². The SMILES string of the molecule is COc1nc(NCCCC(C)(C)[Si](C)(C)O)nc(OC)c1N. The maximum Gasteiger partial charge on any atom is 0.245 e. The number of ether oxygens (including phenoxy) is 2. The Hall–Kier alpha value is -1.54. The van der Waals surface area contributed by atoms with Gasteiger partial charge in [0.05, 0.1) is 14.2 Å². The highest BCUT2D eigenvalue weighted by atomic mass is 28.4. The lowest BCUT2D eigenvalue weighted by Gasteiger charge is -2.35. The number of nitrogens with zero attached hydrogens (tertiary/aromatic N) is 2. The number of methoxy groups -OCH3 is 2. The molecule has 1 aromatic rings. The molecule has 4 N–H and O–H groups in total. The predicted octanol–water partition coefficient (Wildman–Crippen LogP) is 2.25. The van der Waals surface area contributed by atoms with Crippen molar-refractivity contribution in [2.45, 2.75) is 44.8 Å². The number of nitrogen functional groups attached to an aromatic ring is 1. The molecule has 0 spiro atoms. The third kappa shape index (κ3) is 4.47. The average molecular weight is 328 g/mol. The van der Waals surface area contributed by atoms with Crippen molar-refractivity contribution in [3.05, 3.63) is 0 Å². The molecule has 0 atom stereocenters. The average Bonchev–Trinajstić information content (AvgIpc) is 2.43. The van der Waals surface area contributed by atoms with Gasteiger partial charge in [0.25, 0.3) is 0 Å². The zero-order chi connectivity index (χ0) is 17.0. The molecule has 0 aliphatic carbocycles. The van der Waals surface area contributed by atoms with E-state index in [0.717, 1.165) is 12.8 Å². The lowest BCUT2D eigenvalue weighted by molar-refractivity contribution is 0.377.